The Morgan fingerprint density at radius 2 is 1.77 bits per heavy atom. The first-order valence-corrected chi connectivity index (χ1v) is 10.8. The van der Waals surface area contributed by atoms with Crippen LogP contribution in [0.4, 0.5) is 5.82 Å². The van der Waals surface area contributed by atoms with Crippen LogP contribution in [0.1, 0.15) is 48.5 Å². The van der Waals surface area contributed by atoms with Crippen LogP contribution in [0.3, 0.4) is 0 Å². The number of rotatable bonds is 7. The minimum absolute atomic E-state index is 0.0230. The molecule has 1 aliphatic rings. The van der Waals surface area contributed by atoms with Crippen LogP contribution in [0.2, 0.25) is 5.15 Å². The maximum Gasteiger partial charge on any atom is 0.329 e. The third kappa shape index (κ3) is 4.49. The first-order chi connectivity index (χ1) is 15.1. The van der Waals surface area contributed by atoms with E-state index in [1.54, 1.807) is 0 Å². The van der Waals surface area contributed by atoms with Gasteiger partial charge in [0, 0.05) is 12.5 Å². The first kappa shape index (κ1) is 21.1. The summed E-state index contributed by atoms with van der Waals surface area (Å²) in [6.07, 6.45) is 1.23. The molecule has 2 aromatic carbocycles. The van der Waals surface area contributed by atoms with Crippen LogP contribution in [-0.2, 0) is 22.7 Å². The van der Waals surface area contributed by atoms with Gasteiger partial charge >= 0.3 is 5.97 Å². The number of hydrogen-bond donors (Lipinski definition) is 1. The summed E-state index contributed by atoms with van der Waals surface area (Å²) >= 11 is 6.48. The highest BCUT2D eigenvalue weighted by Gasteiger charge is 2.39. The standard InChI is InChI=1S/C24H24ClN3O3/c1-2-18-13-19(24(30)31-15-17-11-7-4-8-12-17)28-20(18)21(25)27-22(23(28)29)26-14-16-9-5-3-6-10-16/h3-12,18-19H,2,13-15H2,1H3,(H,26,27)/t18-,19-/m0/s1. The maximum absolute atomic E-state index is 13.3. The topological polar surface area (TPSA) is 73.2 Å². The number of carbonyl (C=O) groups excluding carboxylic acids is 1. The molecule has 31 heavy (non-hydrogen) atoms. The van der Waals surface area contributed by atoms with Crippen molar-refractivity contribution in [2.75, 3.05) is 5.32 Å². The van der Waals surface area contributed by atoms with Crippen LogP contribution in [-0.4, -0.2) is 15.5 Å². The summed E-state index contributed by atoms with van der Waals surface area (Å²) in [4.78, 5) is 30.5. The number of anilines is 1. The van der Waals surface area contributed by atoms with Gasteiger partial charge in [-0.15, -0.1) is 0 Å². The normalized spacial score (nSPS) is 17.2. The van der Waals surface area contributed by atoms with Crippen molar-refractivity contribution in [1.29, 1.82) is 0 Å². The van der Waals surface area contributed by atoms with E-state index >= 15 is 0 Å². The first-order valence-electron chi connectivity index (χ1n) is 10.4. The third-order valence-corrected chi connectivity index (χ3v) is 5.88. The predicted octanol–water partition coefficient (Wildman–Crippen LogP) is 4.69. The van der Waals surface area contributed by atoms with Gasteiger partial charge in [-0.1, -0.05) is 79.2 Å². The molecule has 2 heterocycles. The lowest BCUT2D eigenvalue weighted by Crippen LogP contribution is -2.31. The Morgan fingerprint density at radius 3 is 2.42 bits per heavy atom. The highest BCUT2D eigenvalue weighted by Crippen LogP contribution is 2.40. The second-order valence-corrected chi connectivity index (χ2v) is 7.96. The minimum atomic E-state index is -0.714. The molecule has 160 valence electrons. The molecule has 1 aliphatic heterocycles. The molecule has 0 aliphatic carbocycles. The Bertz CT molecular complexity index is 1120. The molecule has 0 fully saturated rings. The summed E-state index contributed by atoms with van der Waals surface area (Å²) in [5.74, 6) is -0.320. The Hall–Kier alpha value is -3.12. The monoisotopic (exact) mass is 437 g/mol. The van der Waals surface area contributed by atoms with Crippen molar-refractivity contribution in [3.05, 3.63) is 93.0 Å². The number of fused-ring (bicyclic) bond motifs is 1. The molecule has 3 aromatic rings. The summed E-state index contributed by atoms with van der Waals surface area (Å²) in [6, 6.07) is 18.5. The van der Waals surface area contributed by atoms with Gasteiger partial charge in [-0.3, -0.25) is 9.36 Å². The molecule has 0 radical (unpaired) electrons. The van der Waals surface area contributed by atoms with Crippen molar-refractivity contribution in [3.8, 4) is 0 Å². The fourth-order valence-corrected chi connectivity index (χ4v) is 4.30. The number of carbonyl (C=O) groups is 1. The molecule has 1 N–H and O–H groups in total. The van der Waals surface area contributed by atoms with Crippen molar-refractivity contribution in [2.45, 2.75) is 44.9 Å². The van der Waals surface area contributed by atoms with Gasteiger partial charge in [0.05, 0.1) is 5.69 Å². The highest BCUT2D eigenvalue weighted by molar-refractivity contribution is 6.30. The summed E-state index contributed by atoms with van der Waals surface area (Å²) in [5.41, 5.74) is 2.16. The lowest BCUT2D eigenvalue weighted by atomic mass is 9.99. The third-order valence-electron chi connectivity index (χ3n) is 5.60. The lowest BCUT2D eigenvalue weighted by Gasteiger charge is -2.16. The molecular formula is C24H24ClN3O3. The second-order valence-electron chi connectivity index (χ2n) is 7.60. The second kappa shape index (κ2) is 9.35. The van der Waals surface area contributed by atoms with Crippen molar-refractivity contribution >= 4 is 23.4 Å². The van der Waals surface area contributed by atoms with Crippen molar-refractivity contribution < 1.29 is 9.53 Å². The molecule has 0 amide bonds. The van der Waals surface area contributed by atoms with E-state index in [1.807, 2.05) is 67.6 Å². The smallest absolute Gasteiger partial charge is 0.329 e. The number of benzene rings is 2. The van der Waals surface area contributed by atoms with Gasteiger partial charge in [0.25, 0.3) is 5.56 Å². The molecule has 1 aromatic heterocycles. The van der Waals surface area contributed by atoms with Crippen LogP contribution >= 0.6 is 11.6 Å². The molecule has 6 nitrogen and oxygen atoms in total. The Labute approximate surface area is 185 Å². The summed E-state index contributed by atoms with van der Waals surface area (Å²) in [5, 5.41) is 3.32. The molecule has 0 saturated heterocycles. The van der Waals surface area contributed by atoms with Crippen LogP contribution in [0.25, 0.3) is 0 Å². The van der Waals surface area contributed by atoms with Gasteiger partial charge in [-0.05, 0) is 24.0 Å². The fraction of sp³-hybridized carbons (Fsp3) is 0.292. The maximum atomic E-state index is 13.3. The summed E-state index contributed by atoms with van der Waals surface area (Å²) in [7, 11) is 0. The molecule has 4 rings (SSSR count). The SMILES string of the molecule is CC[C@H]1C[C@@H](C(=O)OCc2ccccc2)n2c1c(Cl)nc(NCc1ccccc1)c2=O. The van der Waals surface area contributed by atoms with Gasteiger partial charge < -0.3 is 10.1 Å². The molecule has 0 unspecified atom stereocenters. The number of esters is 1. The number of halogens is 1. The number of aromatic nitrogens is 2. The zero-order valence-electron chi connectivity index (χ0n) is 17.3. The van der Waals surface area contributed by atoms with Crippen LogP contribution in [0.5, 0.6) is 0 Å². The Morgan fingerprint density at radius 1 is 1.13 bits per heavy atom. The molecule has 0 saturated carbocycles. The van der Waals surface area contributed by atoms with Crippen molar-refractivity contribution in [3.63, 3.8) is 0 Å². The van der Waals surface area contributed by atoms with Gasteiger partial charge in [0.2, 0.25) is 0 Å². The van der Waals surface area contributed by atoms with Crippen LogP contribution in [0, 0.1) is 0 Å². The van der Waals surface area contributed by atoms with E-state index in [9.17, 15) is 9.59 Å². The molecule has 0 spiro atoms. The largest absolute Gasteiger partial charge is 0.459 e. The summed E-state index contributed by atoms with van der Waals surface area (Å²) in [6.45, 7) is 2.60. The Kier molecular flexibility index (Phi) is 6.37. The van der Waals surface area contributed by atoms with E-state index in [-0.39, 0.29) is 29.1 Å². The minimum Gasteiger partial charge on any atom is -0.459 e. The van der Waals surface area contributed by atoms with Crippen LogP contribution in [0.15, 0.2) is 65.5 Å². The fourth-order valence-electron chi connectivity index (χ4n) is 3.97. The molecular weight excluding hydrogens is 414 g/mol. The molecule has 7 heteroatoms. The van der Waals surface area contributed by atoms with Gasteiger partial charge in [0.1, 0.15) is 12.6 Å². The number of hydrogen-bond acceptors (Lipinski definition) is 5. The molecule has 0 bridgehead atoms. The van der Waals surface area contributed by atoms with Gasteiger partial charge in [-0.2, -0.15) is 0 Å². The number of ether oxygens (including phenoxy) is 1. The van der Waals surface area contributed by atoms with E-state index in [1.165, 1.54) is 4.57 Å². The lowest BCUT2D eigenvalue weighted by molar-refractivity contribution is -0.149. The summed E-state index contributed by atoms with van der Waals surface area (Å²) < 4.78 is 7.02. The van der Waals surface area contributed by atoms with Gasteiger partial charge in [-0.25, -0.2) is 9.78 Å². The average Bonchev–Trinajstić information content (AvgIpc) is 3.21. The van der Waals surface area contributed by atoms with Gasteiger partial charge in [0.15, 0.2) is 11.0 Å². The van der Waals surface area contributed by atoms with Crippen molar-refractivity contribution in [2.24, 2.45) is 0 Å². The number of nitrogens with one attached hydrogen (secondary N) is 1. The van der Waals surface area contributed by atoms with E-state index in [0.29, 0.717) is 18.7 Å². The predicted molar refractivity (Wildman–Crippen MR) is 120 cm³/mol. The van der Waals surface area contributed by atoms with E-state index in [4.69, 9.17) is 16.3 Å². The highest BCUT2D eigenvalue weighted by atomic mass is 35.5. The van der Waals surface area contributed by atoms with E-state index in [0.717, 1.165) is 17.5 Å². The Balaban J connectivity index is 1.60. The average molecular weight is 438 g/mol. The van der Waals surface area contributed by atoms with E-state index in [2.05, 4.69) is 10.3 Å². The zero-order chi connectivity index (χ0) is 21.8. The molecule has 2 atom stereocenters. The zero-order valence-corrected chi connectivity index (χ0v) is 18.0. The van der Waals surface area contributed by atoms with Crippen molar-refractivity contribution in [1.82, 2.24) is 9.55 Å². The number of nitrogens with zero attached hydrogens (tertiary/aromatic N) is 2. The van der Waals surface area contributed by atoms with E-state index < -0.39 is 12.0 Å². The quantitative estimate of drug-likeness (QED) is 0.543. The van der Waals surface area contributed by atoms with Crippen LogP contribution < -0.4 is 10.9 Å².